The van der Waals surface area contributed by atoms with Gasteiger partial charge >= 0.3 is 6.03 Å². The third-order valence-electron chi connectivity index (χ3n) is 5.52. The number of benzene rings is 2. The molecular formula is C22H22F3N3O2. The monoisotopic (exact) mass is 417 g/mol. The Hall–Kier alpha value is -2.84. The van der Waals surface area contributed by atoms with Crippen molar-refractivity contribution >= 4 is 17.3 Å². The Balaban J connectivity index is 1.66. The molecule has 0 spiro atoms. The summed E-state index contributed by atoms with van der Waals surface area (Å²) in [6.07, 6.45) is 0.302. The van der Waals surface area contributed by atoms with Crippen molar-refractivity contribution in [3.8, 4) is 0 Å². The predicted octanol–water partition coefficient (Wildman–Crippen LogP) is 2.96. The van der Waals surface area contributed by atoms with E-state index in [2.05, 4.69) is 5.32 Å². The number of halogens is 3. The summed E-state index contributed by atoms with van der Waals surface area (Å²) >= 11 is 0. The number of nitrogens with zero attached hydrogens (tertiary/aromatic N) is 2. The lowest BCUT2D eigenvalue weighted by Gasteiger charge is -2.35. The van der Waals surface area contributed by atoms with Crippen LogP contribution >= 0.6 is 0 Å². The van der Waals surface area contributed by atoms with Crippen LogP contribution in [-0.4, -0.2) is 60.5 Å². The fourth-order valence-electron chi connectivity index (χ4n) is 4.01. The van der Waals surface area contributed by atoms with E-state index in [4.69, 9.17) is 0 Å². The van der Waals surface area contributed by atoms with E-state index in [0.717, 1.165) is 18.2 Å². The van der Waals surface area contributed by atoms with Crippen LogP contribution < -0.4 is 10.2 Å². The number of urea groups is 1. The first-order valence-electron chi connectivity index (χ1n) is 9.76. The molecule has 3 atom stereocenters. The number of hydrogen-bond acceptors (Lipinski definition) is 3. The van der Waals surface area contributed by atoms with Crippen molar-refractivity contribution in [1.29, 1.82) is 0 Å². The van der Waals surface area contributed by atoms with Gasteiger partial charge in [-0.15, -0.1) is 0 Å². The summed E-state index contributed by atoms with van der Waals surface area (Å²) < 4.78 is 42.5. The predicted molar refractivity (Wildman–Crippen MR) is 108 cm³/mol. The molecule has 2 amide bonds. The largest absolute Gasteiger partial charge is 0.394 e. The van der Waals surface area contributed by atoms with Crippen molar-refractivity contribution in [3.63, 3.8) is 0 Å². The first-order chi connectivity index (χ1) is 14.5. The third-order valence-corrected chi connectivity index (χ3v) is 5.52. The highest BCUT2D eigenvalue weighted by atomic mass is 19.1. The molecule has 4 rings (SSSR count). The SMILES string of the molecule is O=C(N1CC(c2cc(F)ccc2F)=CC1CO)N(c1ccccc1)C1CNCC1F. The maximum atomic E-state index is 14.6. The number of amides is 2. The van der Waals surface area contributed by atoms with Crippen molar-refractivity contribution in [3.05, 3.63) is 71.8 Å². The molecule has 2 aromatic carbocycles. The van der Waals surface area contributed by atoms with Crippen molar-refractivity contribution in [2.45, 2.75) is 18.3 Å². The number of anilines is 1. The number of rotatable bonds is 4. The van der Waals surface area contributed by atoms with Crippen molar-refractivity contribution in [1.82, 2.24) is 10.2 Å². The van der Waals surface area contributed by atoms with Crippen molar-refractivity contribution in [2.75, 3.05) is 31.1 Å². The topological polar surface area (TPSA) is 55.8 Å². The molecule has 2 aromatic rings. The van der Waals surface area contributed by atoms with Crippen LogP contribution in [0.25, 0.3) is 5.57 Å². The Morgan fingerprint density at radius 3 is 2.60 bits per heavy atom. The minimum absolute atomic E-state index is 0.0229. The lowest BCUT2D eigenvalue weighted by molar-refractivity contribution is 0.168. The summed E-state index contributed by atoms with van der Waals surface area (Å²) in [6, 6.07) is 9.91. The molecule has 2 aliphatic heterocycles. The summed E-state index contributed by atoms with van der Waals surface area (Å²) in [5.41, 5.74) is 0.968. The molecule has 8 heteroatoms. The second-order valence-corrected chi connectivity index (χ2v) is 7.42. The highest BCUT2D eigenvalue weighted by molar-refractivity contribution is 5.95. The zero-order valence-electron chi connectivity index (χ0n) is 16.1. The van der Waals surface area contributed by atoms with Crippen LogP contribution in [0.15, 0.2) is 54.6 Å². The van der Waals surface area contributed by atoms with Crippen LogP contribution in [0.3, 0.4) is 0 Å². The lowest BCUT2D eigenvalue weighted by atomic mass is 10.1. The Bertz CT molecular complexity index is 954. The standard InChI is InChI=1S/C22H22F3N3O2/c23-15-6-7-19(24)18(9-15)14-8-17(13-29)27(12-14)22(30)28(16-4-2-1-3-5-16)21-11-26-10-20(21)25/h1-9,17,20-21,26,29H,10-13H2. The number of para-hydroxylation sites is 1. The van der Waals surface area contributed by atoms with Gasteiger partial charge < -0.3 is 15.3 Å². The van der Waals surface area contributed by atoms with E-state index in [1.165, 1.54) is 9.80 Å². The molecule has 2 heterocycles. The molecule has 0 bridgehead atoms. The number of aliphatic hydroxyl groups is 1. The molecule has 3 unspecified atom stereocenters. The molecule has 2 N–H and O–H groups in total. The van der Waals surface area contributed by atoms with Gasteiger partial charge in [0.15, 0.2) is 0 Å². The van der Waals surface area contributed by atoms with Gasteiger partial charge in [0.25, 0.3) is 0 Å². The normalized spacial score (nSPS) is 23.5. The van der Waals surface area contributed by atoms with E-state index < -0.39 is 42.5 Å². The van der Waals surface area contributed by atoms with Crippen LogP contribution in [0.2, 0.25) is 0 Å². The molecule has 1 saturated heterocycles. The molecule has 0 saturated carbocycles. The molecule has 158 valence electrons. The average molecular weight is 417 g/mol. The Morgan fingerprint density at radius 1 is 1.17 bits per heavy atom. The summed E-state index contributed by atoms with van der Waals surface area (Å²) in [5.74, 6) is -1.21. The van der Waals surface area contributed by atoms with E-state index in [1.807, 2.05) is 0 Å². The van der Waals surface area contributed by atoms with E-state index in [9.17, 15) is 23.1 Å². The van der Waals surface area contributed by atoms with Crippen LogP contribution in [-0.2, 0) is 0 Å². The third kappa shape index (κ3) is 3.80. The van der Waals surface area contributed by atoms with E-state index >= 15 is 0 Å². The van der Waals surface area contributed by atoms with Gasteiger partial charge in [0.05, 0.1) is 18.7 Å². The Kier molecular flexibility index (Phi) is 5.78. The van der Waals surface area contributed by atoms with Gasteiger partial charge in [0, 0.05) is 30.9 Å². The fraction of sp³-hybridized carbons (Fsp3) is 0.318. The summed E-state index contributed by atoms with van der Waals surface area (Å²) in [4.78, 5) is 16.3. The zero-order chi connectivity index (χ0) is 21.3. The minimum Gasteiger partial charge on any atom is -0.394 e. The van der Waals surface area contributed by atoms with Crippen LogP contribution in [0.4, 0.5) is 23.7 Å². The molecule has 30 heavy (non-hydrogen) atoms. The fourth-order valence-corrected chi connectivity index (χ4v) is 4.01. The van der Waals surface area contributed by atoms with Gasteiger partial charge in [-0.05, 0) is 35.9 Å². The zero-order valence-corrected chi connectivity index (χ0v) is 16.1. The number of nitrogens with one attached hydrogen (secondary N) is 1. The maximum Gasteiger partial charge on any atom is 0.325 e. The van der Waals surface area contributed by atoms with Gasteiger partial charge in [0.2, 0.25) is 0 Å². The number of carbonyl (C=O) groups excluding carboxylic acids is 1. The second-order valence-electron chi connectivity index (χ2n) is 7.42. The van der Waals surface area contributed by atoms with E-state index in [0.29, 0.717) is 11.3 Å². The number of aliphatic hydroxyl groups excluding tert-OH is 1. The summed E-state index contributed by atoms with van der Waals surface area (Å²) in [5, 5.41) is 12.8. The maximum absolute atomic E-state index is 14.6. The molecule has 0 aliphatic carbocycles. The van der Waals surface area contributed by atoms with Crippen molar-refractivity contribution < 1.29 is 23.1 Å². The van der Waals surface area contributed by atoms with Crippen LogP contribution in [0, 0.1) is 11.6 Å². The van der Waals surface area contributed by atoms with Gasteiger partial charge in [-0.3, -0.25) is 4.90 Å². The van der Waals surface area contributed by atoms with Gasteiger partial charge in [-0.2, -0.15) is 0 Å². The number of alkyl halides is 1. The summed E-state index contributed by atoms with van der Waals surface area (Å²) in [6.45, 7) is 0.0165. The molecule has 5 nitrogen and oxygen atoms in total. The molecule has 1 fully saturated rings. The van der Waals surface area contributed by atoms with Crippen molar-refractivity contribution in [2.24, 2.45) is 0 Å². The average Bonchev–Trinajstić information content (AvgIpc) is 3.37. The molecule has 0 aromatic heterocycles. The minimum atomic E-state index is -1.25. The highest BCUT2D eigenvalue weighted by Crippen LogP contribution is 2.31. The Morgan fingerprint density at radius 2 is 1.93 bits per heavy atom. The first kappa shape index (κ1) is 20.4. The molecule has 2 aliphatic rings. The first-order valence-corrected chi connectivity index (χ1v) is 9.76. The summed E-state index contributed by atoms with van der Waals surface area (Å²) in [7, 11) is 0. The molecular weight excluding hydrogens is 395 g/mol. The van der Waals surface area contributed by atoms with E-state index in [-0.39, 0.29) is 25.2 Å². The quantitative estimate of drug-likeness (QED) is 0.804. The number of hydrogen-bond donors (Lipinski definition) is 2. The number of carbonyl (C=O) groups is 1. The smallest absolute Gasteiger partial charge is 0.325 e. The van der Waals surface area contributed by atoms with Gasteiger partial charge in [-0.1, -0.05) is 24.3 Å². The lowest BCUT2D eigenvalue weighted by Crippen LogP contribution is -2.54. The highest BCUT2D eigenvalue weighted by Gasteiger charge is 2.40. The van der Waals surface area contributed by atoms with Crippen LogP contribution in [0.5, 0.6) is 0 Å². The van der Waals surface area contributed by atoms with E-state index in [1.54, 1.807) is 36.4 Å². The Labute approximate surface area is 172 Å². The van der Waals surface area contributed by atoms with Crippen LogP contribution in [0.1, 0.15) is 5.56 Å². The molecule has 0 radical (unpaired) electrons. The van der Waals surface area contributed by atoms with Gasteiger partial charge in [0.1, 0.15) is 17.8 Å². The van der Waals surface area contributed by atoms with Gasteiger partial charge in [-0.25, -0.2) is 18.0 Å². The second kappa shape index (κ2) is 8.49.